The van der Waals surface area contributed by atoms with E-state index < -0.39 is 8.24 Å². The zero-order valence-electron chi connectivity index (χ0n) is 8.97. The second-order valence-electron chi connectivity index (χ2n) is 4.48. The topological polar surface area (TPSA) is 24.9 Å². The fraction of sp³-hybridized carbons (Fsp3) is 0.300. The predicted molar refractivity (Wildman–Crippen MR) is 71.6 cm³/mol. The molecule has 2 nitrogen and oxygen atoms in total. The van der Waals surface area contributed by atoms with Gasteiger partial charge in [0.2, 0.25) is 0 Å². The number of fused-ring (bicyclic) bond motifs is 1. The Bertz CT molecular complexity index is 490. The molecule has 2 rings (SSSR count). The molecule has 15 heavy (non-hydrogen) atoms. The molecule has 0 atom stereocenters. The van der Waals surface area contributed by atoms with Gasteiger partial charge in [-0.05, 0) is 12.1 Å². The second-order valence-corrected chi connectivity index (χ2v) is 10.7. The van der Waals surface area contributed by atoms with Gasteiger partial charge in [0.1, 0.15) is 13.8 Å². The monoisotopic (exact) mass is 256 g/mol. The van der Waals surface area contributed by atoms with Crippen LogP contribution in [0.25, 0.3) is 10.2 Å². The van der Waals surface area contributed by atoms with E-state index in [2.05, 4.69) is 29.6 Å². The summed E-state index contributed by atoms with van der Waals surface area (Å²) in [6.07, 6.45) is 0. The zero-order chi connectivity index (χ0) is 11.1. The van der Waals surface area contributed by atoms with Crippen LogP contribution in [0.3, 0.4) is 0 Å². The molecule has 80 valence electrons. The average molecular weight is 257 g/mol. The lowest BCUT2D eigenvalue weighted by Crippen LogP contribution is -2.31. The summed E-state index contributed by atoms with van der Waals surface area (Å²) < 4.78 is 1.14. The SMILES string of the molecule is C[Si](C)(C)Nc1nc2c(Cl)cccc2s1. The summed E-state index contributed by atoms with van der Waals surface area (Å²) in [4.78, 5) is 7.99. The number of anilines is 1. The molecule has 0 spiro atoms. The van der Waals surface area contributed by atoms with Crippen LogP contribution in [0, 0.1) is 0 Å². The molecule has 1 N–H and O–H groups in total. The number of nitrogens with zero attached hydrogens (tertiary/aromatic N) is 1. The van der Waals surface area contributed by atoms with Gasteiger partial charge in [0, 0.05) is 0 Å². The van der Waals surface area contributed by atoms with Crippen molar-refractivity contribution in [2.24, 2.45) is 0 Å². The largest absolute Gasteiger partial charge is 0.388 e. The van der Waals surface area contributed by atoms with Gasteiger partial charge in [-0.15, -0.1) is 0 Å². The van der Waals surface area contributed by atoms with Crippen LogP contribution in [-0.2, 0) is 0 Å². The number of hydrogen-bond acceptors (Lipinski definition) is 3. The van der Waals surface area contributed by atoms with Gasteiger partial charge in [0.25, 0.3) is 0 Å². The van der Waals surface area contributed by atoms with Crippen molar-refractivity contribution in [1.29, 1.82) is 0 Å². The molecule has 0 saturated carbocycles. The van der Waals surface area contributed by atoms with E-state index in [0.29, 0.717) is 0 Å². The highest BCUT2D eigenvalue weighted by Crippen LogP contribution is 2.31. The predicted octanol–water partition coefficient (Wildman–Crippen LogP) is 4.20. The average Bonchev–Trinajstić information content (AvgIpc) is 2.45. The first-order chi connectivity index (χ1) is 6.96. The van der Waals surface area contributed by atoms with Crippen molar-refractivity contribution in [3.8, 4) is 0 Å². The molecule has 5 heteroatoms. The first-order valence-electron chi connectivity index (χ1n) is 4.79. The third-order valence-corrected chi connectivity index (χ3v) is 4.26. The maximum absolute atomic E-state index is 6.07. The van der Waals surface area contributed by atoms with Crippen LogP contribution >= 0.6 is 22.9 Å². The van der Waals surface area contributed by atoms with Gasteiger partial charge in [-0.3, -0.25) is 0 Å². The molecule has 0 aliphatic heterocycles. The standard InChI is InChI=1S/C10H13ClN2SSi/c1-15(2,3)13-10-12-9-7(11)5-4-6-8(9)14-10/h4-6H,1-3H3,(H,12,13). The first kappa shape index (κ1) is 10.9. The van der Waals surface area contributed by atoms with Crippen LogP contribution in [0.15, 0.2) is 18.2 Å². The zero-order valence-corrected chi connectivity index (χ0v) is 11.5. The van der Waals surface area contributed by atoms with Gasteiger partial charge in [-0.25, -0.2) is 4.98 Å². The summed E-state index contributed by atoms with van der Waals surface area (Å²) in [5.41, 5.74) is 0.907. The summed E-state index contributed by atoms with van der Waals surface area (Å²) in [7, 11) is -1.32. The van der Waals surface area contributed by atoms with E-state index in [-0.39, 0.29) is 0 Å². The van der Waals surface area contributed by atoms with Gasteiger partial charge in [0.05, 0.1) is 9.72 Å². The quantitative estimate of drug-likeness (QED) is 0.815. The third kappa shape index (κ3) is 2.51. The maximum Gasteiger partial charge on any atom is 0.175 e. The fourth-order valence-electron chi connectivity index (χ4n) is 1.29. The van der Waals surface area contributed by atoms with Crippen molar-refractivity contribution >= 4 is 46.5 Å². The number of halogens is 1. The molecule has 1 aromatic heterocycles. The molecule has 0 aliphatic rings. The Hall–Kier alpha value is -0.583. The molecular formula is C10H13ClN2SSi. The molecule has 0 unspecified atom stereocenters. The normalized spacial score (nSPS) is 12.0. The highest BCUT2D eigenvalue weighted by Gasteiger charge is 2.15. The summed E-state index contributed by atoms with van der Waals surface area (Å²) in [6.45, 7) is 6.75. The Balaban J connectivity index is 2.44. The van der Waals surface area contributed by atoms with Crippen LogP contribution in [0.2, 0.25) is 24.7 Å². The lowest BCUT2D eigenvalue weighted by Gasteiger charge is -2.16. The number of aromatic nitrogens is 1. The molecular weight excluding hydrogens is 244 g/mol. The van der Waals surface area contributed by atoms with Gasteiger partial charge < -0.3 is 4.98 Å². The van der Waals surface area contributed by atoms with Crippen molar-refractivity contribution < 1.29 is 0 Å². The molecule has 0 saturated heterocycles. The van der Waals surface area contributed by atoms with E-state index in [1.54, 1.807) is 11.3 Å². The Labute approximate surface area is 99.4 Å². The van der Waals surface area contributed by atoms with Crippen molar-refractivity contribution in [2.45, 2.75) is 19.6 Å². The Morgan fingerprint density at radius 3 is 2.67 bits per heavy atom. The second kappa shape index (κ2) is 3.77. The molecule has 0 aliphatic carbocycles. The number of thiazole rings is 1. The lowest BCUT2D eigenvalue weighted by molar-refractivity contribution is 1.46. The Kier molecular flexibility index (Phi) is 2.75. The van der Waals surface area contributed by atoms with Gasteiger partial charge >= 0.3 is 0 Å². The number of nitrogens with one attached hydrogen (secondary N) is 1. The minimum atomic E-state index is -1.32. The van der Waals surface area contributed by atoms with Crippen LogP contribution in [0.1, 0.15) is 0 Å². The number of benzene rings is 1. The van der Waals surface area contributed by atoms with Crippen LogP contribution in [0.5, 0.6) is 0 Å². The van der Waals surface area contributed by atoms with Crippen LogP contribution in [0.4, 0.5) is 5.13 Å². The molecule has 0 radical (unpaired) electrons. The van der Waals surface area contributed by atoms with E-state index >= 15 is 0 Å². The van der Waals surface area contributed by atoms with E-state index in [1.165, 1.54) is 0 Å². The van der Waals surface area contributed by atoms with Crippen molar-refractivity contribution in [3.05, 3.63) is 23.2 Å². The summed E-state index contributed by atoms with van der Waals surface area (Å²) >= 11 is 7.74. The molecule has 0 amide bonds. The highest BCUT2D eigenvalue weighted by atomic mass is 35.5. The van der Waals surface area contributed by atoms with Crippen LogP contribution in [-0.4, -0.2) is 13.2 Å². The van der Waals surface area contributed by atoms with Gasteiger partial charge in [-0.1, -0.05) is 48.6 Å². The van der Waals surface area contributed by atoms with Crippen molar-refractivity contribution in [2.75, 3.05) is 4.98 Å². The maximum atomic E-state index is 6.07. The molecule has 0 bridgehead atoms. The molecule has 2 aromatic rings. The third-order valence-electron chi connectivity index (χ3n) is 1.85. The van der Waals surface area contributed by atoms with Crippen LogP contribution < -0.4 is 4.98 Å². The van der Waals surface area contributed by atoms with E-state index in [1.807, 2.05) is 18.2 Å². The Morgan fingerprint density at radius 1 is 1.33 bits per heavy atom. The first-order valence-corrected chi connectivity index (χ1v) is 9.48. The summed E-state index contributed by atoms with van der Waals surface area (Å²) in [5, 5.41) is 1.71. The number of para-hydroxylation sites is 1. The number of rotatable bonds is 2. The van der Waals surface area contributed by atoms with Crippen molar-refractivity contribution in [3.63, 3.8) is 0 Å². The van der Waals surface area contributed by atoms with E-state index in [0.717, 1.165) is 20.4 Å². The van der Waals surface area contributed by atoms with Gasteiger partial charge in [0.15, 0.2) is 5.13 Å². The lowest BCUT2D eigenvalue weighted by atomic mass is 10.3. The van der Waals surface area contributed by atoms with Crippen molar-refractivity contribution in [1.82, 2.24) is 4.98 Å². The fourth-order valence-corrected chi connectivity index (χ4v) is 4.13. The van der Waals surface area contributed by atoms with E-state index in [9.17, 15) is 0 Å². The highest BCUT2D eigenvalue weighted by molar-refractivity contribution is 7.23. The van der Waals surface area contributed by atoms with Gasteiger partial charge in [-0.2, -0.15) is 0 Å². The molecule has 1 heterocycles. The van der Waals surface area contributed by atoms with E-state index in [4.69, 9.17) is 11.6 Å². The Morgan fingerprint density at radius 2 is 2.07 bits per heavy atom. The minimum absolute atomic E-state index is 0.729. The summed E-state index contributed by atoms with van der Waals surface area (Å²) in [5.74, 6) is 0. The summed E-state index contributed by atoms with van der Waals surface area (Å²) in [6, 6.07) is 5.89. The minimum Gasteiger partial charge on any atom is -0.388 e. The number of hydrogen-bond donors (Lipinski definition) is 1. The molecule has 1 aromatic carbocycles. The smallest absolute Gasteiger partial charge is 0.175 e. The molecule has 0 fully saturated rings.